The number of oxime groups is 2. The van der Waals surface area contributed by atoms with Crippen molar-refractivity contribution in [3.05, 3.63) is 34.3 Å². The number of nitrogens with zero attached hydrogens (tertiary/aromatic N) is 2. The summed E-state index contributed by atoms with van der Waals surface area (Å²) >= 11 is 3.35. The fourth-order valence-electron chi connectivity index (χ4n) is 0.923. The van der Waals surface area contributed by atoms with Gasteiger partial charge < -0.3 is 10.0 Å². The molecule has 0 aliphatic rings. The van der Waals surface area contributed by atoms with E-state index in [2.05, 4.69) is 26.2 Å². The lowest BCUT2D eigenvalue weighted by atomic mass is 10.2. The van der Waals surface area contributed by atoms with Crippen molar-refractivity contribution in [3.8, 4) is 0 Å². The van der Waals surface area contributed by atoms with Crippen molar-refractivity contribution >= 4 is 27.4 Å². The topological polar surface area (TPSA) is 54.2 Å². The summed E-state index contributed by atoms with van der Waals surface area (Å²) in [6.07, 6.45) is 0. The van der Waals surface area contributed by atoms with Gasteiger partial charge in [0.1, 0.15) is 18.0 Å². The molecular formula is C11H13BrN2O2. The molecule has 0 radical (unpaired) electrons. The average Bonchev–Trinajstić information content (AvgIpc) is 2.30. The van der Waals surface area contributed by atoms with Crippen LogP contribution >= 0.6 is 15.9 Å². The molecule has 0 saturated carbocycles. The van der Waals surface area contributed by atoms with Gasteiger partial charge >= 0.3 is 0 Å². The number of halogens is 1. The predicted molar refractivity (Wildman–Crippen MR) is 66.9 cm³/mol. The Labute approximate surface area is 103 Å². The van der Waals surface area contributed by atoms with E-state index in [-0.39, 0.29) is 0 Å². The van der Waals surface area contributed by atoms with Crippen molar-refractivity contribution in [1.29, 1.82) is 0 Å². The number of hydrogen-bond donors (Lipinski definition) is 1. The second-order valence-corrected chi connectivity index (χ2v) is 4.18. The summed E-state index contributed by atoms with van der Waals surface area (Å²) in [7, 11) is 0. The van der Waals surface area contributed by atoms with Crippen LogP contribution in [0.4, 0.5) is 0 Å². The van der Waals surface area contributed by atoms with Crippen LogP contribution in [0, 0.1) is 0 Å². The van der Waals surface area contributed by atoms with Crippen LogP contribution in [-0.4, -0.2) is 16.6 Å². The first kappa shape index (κ1) is 12.7. The zero-order chi connectivity index (χ0) is 12.0. The summed E-state index contributed by atoms with van der Waals surface area (Å²) in [4.78, 5) is 5.13. The van der Waals surface area contributed by atoms with Crippen LogP contribution in [0.1, 0.15) is 19.4 Å². The van der Waals surface area contributed by atoms with Crippen molar-refractivity contribution in [3.63, 3.8) is 0 Å². The highest BCUT2D eigenvalue weighted by atomic mass is 79.9. The van der Waals surface area contributed by atoms with Gasteiger partial charge in [-0.05, 0) is 31.5 Å². The lowest BCUT2D eigenvalue weighted by Crippen LogP contribution is -2.06. The van der Waals surface area contributed by atoms with Crippen LogP contribution in [0.2, 0.25) is 0 Å². The second-order valence-electron chi connectivity index (χ2n) is 3.26. The minimum Gasteiger partial charge on any atom is -0.411 e. The van der Waals surface area contributed by atoms with Crippen LogP contribution < -0.4 is 0 Å². The van der Waals surface area contributed by atoms with Gasteiger partial charge in [0.2, 0.25) is 0 Å². The van der Waals surface area contributed by atoms with Gasteiger partial charge in [-0.15, -0.1) is 0 Å². The zero-order valence-corrected chi connectivity index (χ0v) is 10.7. The van der Waals surface area contributed by atoms with Gasteiger partial charge in [-0.3, -0.25) is 0 Å². The van der Waals surface area contributed by atoms with Gasteiger partial charge in [0.15, 0.2) is 0 Å². The normalized spacial score (nSPS) is 12.7. The summed E-state index contributed by atoms with van der Waals surface area (Å²) in [5, 5.41) is 15.4. The number of rotatable bonds is 4. The minimum absolute atomic E-state index is 0.392. The fraction of sp³-hybridized carbons (Fsp3) is 0.273. The summed E-state index contributed by atoms with van der Waals surface area (Å²) in [6, 6.07) is 7.77. The molecule has 0 fully saturated rings. The summed E-state index contributed by atoms with van der Waals surface area (Å²) < 4.78 is 1.03. The molecule has 0 amide bonds. The van der Waals surface area contributed by atoms with Crippen molar-refractivity contribution in [2.45, 2.75) is 20.5 Å². The van der Waals surface area contributed by atoms with Gasteiger partial charge in [-0.25, -0.2) is 0 Å². The fourth-order valence-corrected chi connectivity index (χ4v) is 1.19. The smallest absolute Gasteiger partial charge is 0.142 e. The molecular weight excluding hydrogens is 272 g/mol. The molecule has 1 N–H and O–H groups in total. The van der Waals surface area contributed by atoms with Gasteiger partial charge in [0, 0.05) is 4.47 Å². The Morgan fingerprint density at radius 1 is 1.25 bits per heavy atom. The van der Waals surface area contributed by atoms with E-state index in [0.29, 0.717) is 18.0 Å². The van der Waals surface area contributed by atoms with Gasteiger partial charge in [-0.1, -0.05) is 38.4 Å². The van der Waals surface area contributed by atoms with Crippen molar-refractivity contribution in [2.75, 3.05) is 0 Å². The minimum atomic E-state index is 0.392. The number of benzene rings is 1. The molecule has 1 aromatic rings. The number of hydrogen-bond acceptors (Lipinski definition) is 4. The van der Waals surface area contributed by atoms with Gasteiger partial charge in [0.25, 0.3) is 0 Å². The van der Waals surface area contributed by atoms with Crippen molar-refractivity contribution in [2.24, 2.45) is 10.3 Å². The lowest BCUT2D eigenvalue weighted by Gasteiger charge is -2.01. The Hall–Kier alpha value is -1.36. The highest BCUT2D eigenvalue weighted by Crippen LogP contribution is 2.11. The average molecular weight is 285 g/mol. The van der Waals surface area contributed by atoms with Crippen LogP contribution in [0.3, 0.4) is 0 Å². The molecule has 86 valence electrons. The van der Waals surface area contributed by atoms with E-state index >= 15 is 0 Å². The third-order valence-corrected chi connectivity index (χ3v) is 2.55. The van der Waals surface area contributed by atoms with Crippen LogP contribution in [-0.2, 0) is 11.4 Å². The Bertz CT molecular complexity index is 399. The van der Waals surface area contributed by atoms with Crippen molar-refractivity contribution < 1.29 is 10.0 Å². The molecule has 0 aliphatic carbocycles. The standard InChI is InChI=1S/C11H13BrN2O2/c1-8(13-15)9(2)14-16-7-10-3-5-11(12)6-4-10/h3-6,15H,7H2,1-2H3. The second kappa shape index (κ2) is 6.27. The third-order valence-electron chi connectivity index (χ3n) is 2.02. The highest BCUT2D eigenvalue weighted by Gasteiger charge is 1.98. The maximum Gasteiger partial charge on any atom is 0.142 e. The molecule has 1 rings (SSSR count). The molecule has 0 heterocycles. The van der Waals surface area contributed by atoms with Crippen LogP contribution in [0.5, 0.6) is 0 Å². The third kappa shape index (κ3) is 4.02. The van der Waals surface area contributed by atoms with E-state index in [1.165, 1.54) is 0 Å². The first-order valence-electron chi connectivity index (χ1n) is 4.73. The Balaban J connectivity index is 2.50. The van der Waals surface area contributed by atoms with E-state index in [1.54, 1.807) is 13.8 Å². The SMILES string of the molecule is CC(=NO)C(C)=NOCc1ccc(Br)cc1. The van der Waals surface area contributed by atoms with E-state index in [4.69, 9.17) is 10.0 Å². The Morgan fingerprint density at radius 2 is 1.88 bits per heavy atom. The van der Waals surface area contributed by atoms with Gasteiger partial charge in [-0.2, -0.15) is 0 Å². The first-order chi connectivity index (χ1) is 7.63. The molecule has 5 heteroatoms. The molecule has 4 nitrogen and oxygen atoms in total. The Morgan fingerprint density at radius 3 is 2.44 bits per heavy atom. The van der Waals surface area contributed by atoms with Crippen molar-refractivity contribution in [1.82, 2.24) is 0 Å². The van der Waals surface area contributed by atoms with E-state index in [0.717, 1.165) is 10.0 Å². The molecule has 0 aliphatic heterocycles. The lowest BCUT2D eigenvalue weighted by molar-refractivity contribution is 0.131. The van der Waals surface area contributed by atoms with Gasteiger partial charge in [0.05, 0.1) is 0 Å². The van der Waals surface area contributed by atoms with E-state index in [9.17, 15) is 0 Å². The predicted octanol–water partition coefficient (Wildman–Crippen LogP) is 3.19. The summed E-state index contributed by atoms with van der Waals surface area (Å²) in [5.74, 6) is 0. The molecule has 1 aromatic carbocycles. The molecule has 0 saturated heterocycles. The van der Waals surface area contributed by atoms with E-state index in [1.807, 2.05) is 24.3 Å². The van der Waals surface area contributed by atoms with E-state index < -0.39 is 0 Å². The first-order valence-corrected chi connectivity index (χ1v) is 5.53. The molecule has 0 spiro atoms. The zero-order valence-electron chi connectivity index (χ0n) is 9.14. The molecule has 0 aromatic heterocycles. The van der Waals surface area contributed by atoms with Crippen LogP contribution in [0.15, 0.2) is 39.0 Å². The largest absolute Gasteiger partial charge is 0.411 e. The molecule has 16 heavy (non-hydrogen) atoms. The maximum absolute atomic E-state index is 8.50. The summed E-state index contributed by atoms with van der Waals surface area (Å²) in [6.45, 7) is 3.77. The quantitative estimate of drug-likeness (QED) is 0.524. The monoisotopic (exact) mass is 284 g/mol. The summed E-state index contributed by atoms with van der Waals surface area (Å²) in [5.41, 5.74) is 2.02. The maximum atomic E-state index is 8.50. The van der Waals surface area contributed by atoms with Crippen LogP contribution in [0.25, 0.3) is 0 Å². The Kier molecular flexibility index (Phi) is 4.98. The molecule has 0 atom stereocenters. The molecule has 0 unspecified atom stereocenters. The molecule has 0 bridgehead atoms. The highest BCUT2D eigenvalue weighted by molar-refractivity contribution is 9.10.